The zero-order chi connectivity index (χ0) is 15.4. The summed E-state index contributed by atoms with van der Waals surface area (Å²) in [5, 5.41) is 3.16. The lowest BCUT2D eigenvalue weighted by molar-refractivity contribution is -0.143. The molecule has 2 aliphatic heterocycles. The van der Waals surface area contributed by atoms with E-state index in [4.69, 9.17) is 0 Å². The number of alkyl halides is 6. The van der Waals surface area contributed by atoms with E-state index in [0.717, 1.165) is 18.6 Å². The molecule has 8 heteroatoms. The van der Waals surface area contributed by atoms with Crippen molar-refractivity contribution in [1.82, 2.24) is 5.32 Å². The molecule has 3 rings (SSSR count). The van der Waals surface area contributed by atoms with Gasteiger partial charge >= 0.3 is 12.4 Å². The van der Waals surface area contributed by atoms with Crippen LogP contribution >= 0.6 is 0 Å². The Morgan fingerprint density at radius 1 is 0.952 bits per heavy atom. The van der Waals surface area contributed by atoms with Gasteiger partial charge in [0.15, 0.2) is 0 Å². The van der Waals surface area contributed by atoms with Gasteiger partial charge in [0, 0.05) is 30.9 Å². The maximum Gasteiger partial charge on any atom is 0.416 e. The molecule has 2 atom stereocenters. The van der Waals surface area contributed by atoms with Gasteiger partial charge in [-0.2, -0.15) is 26.3 Å². The number of nitrogens with one attached hydrogen (secondary N) is 1. The molecule has 2 nitrogen and oxygen atoms in total. The Labute approximate surface area is 116 Å². The Hall–Kier alpha value is -1.44. The minimum atomic E-state index is -4.80. The van der Waals surface area contributed by atoms with Gasteiger partial charge in [-0.3, -0.25) is 0 Å². The number of benzene rings is 1. The summed E-state index contributed by atoms with van der Waals surface area (Å²) in [7, 11) is 0. The molecule has 0 aromatic heterocycles. The fourth-order valence-electron chi connectivity index (χ4n) is 2.98. The molecule has 1 aromatic carbocycles. The zero-order valence-electron chi connectivity index (χ0n) is 10.7. The van der Waals surface area contributed by atoms with Gasteiger partial charge in [-0.1, -0.05) is 0 Å². The third-order valence-electron chi connectivity index (χ3n) is 3.96. The third kappa shape index (κ3) is 2.68. The summed E-state index contributed by atoms with van der Waals surface area (Å²) >= 11 is 0. The standard InChI is InChI=1S/C13H12F6N2/c14-12(15,16)7-1-8(13(17,18)19)3-10(2-7)21-6-9-4-11(21)5-20-9/h1-3,9,11,20H,4-6H2/t9-,11-/m0/s1. The average Bonchev–Trinajstić information content (AvgIpc) is 2.98. The van der Waals surface area contributed by atoms with Crippen molar-refractivity contribution in [3.05, 3.63) is 29.3 Å². The van der Waals surface area contributed by atoms with Crippen LogP contribution in [-0.2, 0) is 12.4 Å². The molecular weight excluding hydrogens is 298 g/mol. The number of hydrogen-bond donors (Lipinski definition) is 1. The SMILES string of the molecule is FC(F)(F)c1cc(N2C[C@@H]3C[C@H]2CN3)cc(C(F)(F)F)c1. The van der Waals surface area contributed by atoms with Crippen LogP contribution in [0, 0.1) is 0 Å². The summed E-state index contributed by atoms with van der Waals surface area (Å²) in [5.41, 5.74) is -2.53. The molecule has 2 heterocycles. The molecule has 0 spiro atoms. The number of nitrogens with zero attached hydrogens (tertiary/aromatic N) is 1. The predicted molar refractivity (Wildman–Crippen MR) is 64.0 cm³/mol. The largest absolute Gasteiger partial charge is 0.416 e. The molecule has 0 amide bonds. The van der Waals surface area contributed by atoms with Crippen LogP contribution in [0.5, 0.6) is 0 Å². The highest BCUT2D eigenvalue weighted by Crippen LogP contribution is 2.40. The molecule has 2 saturated heterocycles. The molecule has 2 aliphatic rings. The van der Waals surface area contributed by atoms with Crippen molar-refractivity contribution >= 4 is 5.69 Å². The second-order valence-corrected chi connectivity index (χ2v) is 5.41. The summed E-state index contributed by atoms with van der Waals surface area (Å²) in [6.07, 6.45) is -8.85. The highest BCUT2D eigenvalue weighted by molar-refractivity contribution is 5.55. The quantitative estimate of drug-likeness (QED) is 0.801. The summed E-state index contributed by atoms with van der Waals surface area (Å²) in [6.45, 7) is 1.02. The highest BCUT2D eigenvalue weighted by atomic mass is 19.4. The van der Waals surface area contributed by atoms with E-state index in [1.54, 1.807) is 4.90 Å². The first-order chi connectivity index (χ1) is 9.64. The van der Waals surface area contributed by atoms with Crippen LogP contribution in [-0.4, -0.2) is 25.2 Å². The molecule has 0 unspecified atom stereocenters. The fraction of sp³-hybridized carbons (Fsp3) is 0.538. The molecule has 0 aliphatic carbocycles. The summed E-state index contributed by atoms with van der Waals surface area (Å²) in [4.78, 5) is 1.63. The van der Waals surface area contributed by atoms with Crippen molar-refractivity contribution in [3.8, 4) is 0 Å². The third-order valence-corrected chi connectivity index (χ3v) is 3.96. The van der Waals surface area contributed by atoms with E-state index in [2.05, 4.69) is 5.32 Å². The first-order valence-corrected chi connectivity index (χ1v) is 6.44. The van der Waals surface area contributed by atoms with Crippen molar-refractivity contribution < 1.29 is 26.3 Å². The molecule has 2 bridgehead atoms. The second kappa shape index (κ2) is 4.53. The van der Waals surface area contributed by atoms with Crippen molar-refractivity contribution in [2.75, 3.05) is 18.0 Å². The van der Waals surface area contributed by atoms with Gasteiger partial charge in [-0.15, -0.1) is 0 Å². The topological polar surface area (TPSA) is 15.3 Å². The number of rotatable bonds is 1. The second-order valence-electron chi connectivity index (χ2n) is 5.41. The van der Waals surface area contributed by atoms with E-state index in [0.29, 0.717) is 13.1 Å². The van der Waals surface area contributed by atoms with E-state index in [9.17, 15) is 26.3 Å². The predicted octanol–water partition coefficient (Wildman–Crippen LogP) is 3.27. The highest BCUT2D eigenvalue weighted by Gasteiger charge is 2.41. The van der Waals surface area contributed by atoms with Crippen molar-refractivity contribution in [2.45, 2.75) is 30.9 Å². The van der Waals surface area contributed by atoms with Crippen molar-refractivity contribution in [2.24, 2.45) is 0 Å². The van der Waals surface area contributed by atoms with Crippen LogP contribution in [0.25, 0.3) is 0 Å². The van der Waals surface area contributed by atoms with Crippen LogP contribution in [0.4, 0.5) is 32.0 Å². The van der Waals surface area contributed by atoms with E-state index in [1.807, 2.05) is 0 Å². The molecular formula is C13H12F6N2. The maximum absolute atomic E-state index is 12.8. The Morgan fingerprint density at radius 3 is 1.90 bits per heavy atom. The molecule has 1 N–H and O–H groups in total. The van der Waals surface area contributed by atoms with E-state index < -0.39 is 23.5 Å². The Balaban J connectivity index is 2.03. The Bertz CT molecular complexity index is 518. The van der Waals surface area contributed by atoms with Gasteiger partial charge in [0.2, 0.25) is 0 Å². The van der Waals surface area contributed by atoms with Crippen molar-refractivity contribution in [3.63, 3.8) is 0 Å². The van der Waals surface area contributed by atoms with Crippen LogP contribution in [0.15, 0.2) is 18.2 Å². The smallest absolute Gasteiger partial charge is 0.366 e. The van der Waals surface area contributed by atoms with E-state index in [1.165, 1.54) is 0 Å². The van der Waals surface area contributed by atoms with E-state index >= 15 is 0 Å². The fourth-order valence-corrected chi connectivity index (χ4v) is 2.98. The minimum Gasteiger partial charge on any atom is -0.366 e. The zero-order valence-corrected chi connectivity index (χ0v) is 10.7. The lowest BCUT2D eigenvalue weighted by Gasteiger charge is -2.30. The summed E-state index contributed by atoms with van der Waals surface area (Å²) < 4.78 is 76.9. The maximum atomic E-state index is 12.8. The van der Waals surface area contributed by atoms with Crippen LogP contribution in [0.3, 0.4) is 0 Å². The first-order valence-electron chi connectivity index (χ1n) is 6.44. The summed E-state index contributed by atoms with van der Waals surface area (Å²) in [6, 6.07) is 1.86. The molecule has 0 saturated carbocycles. The lowest BCUT2D eigenvalue weighted by atomic mass is 10.1. The summed E-state index contributed by atoms with van der Waals surface area (Å²) in [5.74, 6) is 0. The van der Waals surface area contributed by atoms with Crippen LogP contribution in [0.2, 0.25) is 0 Å². The van der Waals surface area contributed by atoms with Gasteiger partial charge in [-0.25, -0.2) is 0 Å². The molecule has 2 fully saturated rings. The average molecular weight is 310 g/mol. The van der Waals surface area contributed by atoms with Gasteiger partial charge < -0.3 is 10.2 Å². The lowest BCUT2D eigenvalue weighted by Crippen LogP contribution is -2.43. The minimum absolute atomic E-state index is 0.00819. The number of anilines is 1. The Kier molecular flexibility index (Phi) is 3.12. The molecule has 1 aromatic rings. The van der Waals surface area contributed by atoms with E-state index in [-0.39, 0.29) is 23.8 Å². The number of halogens is 6. The monoisotopic (exact) mass is 310 g/mol. The Morgan fingerprint density at radius 2 is 1.52 bits per heavy atom. The number of fused-ring (bicyclic) bond motifs is 2. The molecule has 21 heavy (non-hydrogen) atoms. The van der Waals surface area contributed by atoms with Gasteiger partial charge in [-0.05, 0) is 24.6 Å². The van der Waals surface area contributed by atoms with Gasteiger partial charge in [0.25, 0.3) is 0 Å². The van der Waals surface area contributed by atoms with Crippen molar-refractivity contribution in [1.29, 1.82) is 0 Å². The van der Waals surface area contributed by atoms with Crippen LogP contribution in [0.1, 0.15) is 17.5 Å². The normalized spacial score (nSPS) is 25.7. The van der Waals surface area contributed by atoms with Gasteiger partial charge in [0.1, 0.15) is 0 Å². The number of piperazine rings is 1. The molecule has 0 radical (unpaired) electrons. The number of hydrogen-bond acceptors (Lipinski definition) is 2. The van der Waals surface area contributed by atoms with Gasteiger partial charge in [0.05, 0.1) is 11.1 Å². The van der Waals surface area contributed by atoms with Crippen LogP contribution < -0.4 is 10.2 Å². The first kappa shape index (κ1) is 14.5. The molecule has 116 valence electrons.